The van der Waals surface area contributed by atoms with Crippen LogP contribution >= 0.6 is 0 Å². The summed E-state index contributed by atoms with van der Waals surface area (Å²) in [4.78, 5) is 0. The van der Waals surface area contributed by atoms with E-state index in [2.05, 4.69) is 0 Å². The van der Waals surface area contributed by atoms with Crippen molar-refractivity contribution in [3.05, 3.63) is 0 Å². The van der Waals surface area contributed by atoms with Gasteiger partial charge in [0.2, 0.25) is 0 Å². The van der Waals surface area contributed by atoms with Crippen LogP contribution in [0.2, 0.25) is 0 Å². The van der Waals surface area contributed by atoms with Crippen LogP contribution < -0.4 is 0 Å². The van der Waals surface area contributed by atoms with Gasteiger partial charge >= 0.3 is 5.92 Å². The molecule has 102 valence electrons. The zero-order valence-electron chi connectivity index (χ0n) is 9.68. The largest absolute Gasteiger partial charge is 0.394 e. The van der Waals surface area contributed by atoms with Gasteiger partial charge in [-0.15, -0.1) is 0 Å². The molecule has 0 spiro atoms. The van der Waals surface area contributed by atoms with Crippen molar-refractivity contribution in [2.75, 3.05) is 6.61 Å². The molecule has 1 aliphatic heterocycles. The van der Waals surface area contributed by atoms with Crippen LogP contribution in [0.3, 0.4) is 0 Å². The van der Waals surface area contributed by atoms with E-state index in [1.54, 1.807) is 0 Å². The monoisotopic (exact) mass is 256 g/mol. The Balaban J connectivity index is 2.86. The number of alkyl halides is 2. The van der Waals surface area contributed by atoms with Crippen LogP contribution in [-0.2, 0) is 4.74 Å². The first-order chi connectivity index (χ1) is 7.61. The molecule has 1 saturated heterocycles. The van der Waals surface area contributed by atoms with Gasteiger partial charge in [0.05, 0.1) is 12.7 Å². The quantitative estimate of drug-likeness (QED) is 0.534. The predicted octanol–water partition coefficient (Wildman–Crippen LogP) is -0.736. The third kappa shape index (κ3) is 2.74. The number of halogens is 2. The van der Waals surface area contributed by atoms with Crippen molar-refractivity contribution < 1.29 is 33.9 Å². The molecule has 17 heavy (non-hydrogen) atoms. The second kappa shape index (κ2) is 4.74. The highest BCUT2D eigenvalue weighted by Crippen LogP contribution is 2.38. The second-order valence-corrected chi connectivity index (χ2v) is 4.82. The third-order valence-corrected chi connectivity index (χ3v) is 2.97. The Hall–Kier alpha value is -0.340. The van der Waals surface area contributed by atoms with E-state index >= 15 is 0 Å². The van der Waals surface area contributed by atoms with E-state index in [4.69, 9.17) is 9.84 Å². The Bertz CT molecular complexity index is 266. The lowest BCUT2D eigenvalue weighted by Crippen LogP contribution is -2.60. The topological polar surface area (TPSA) is 90.2 Å². The Morgan fingerprint density at radius 3 is 2.24 bits per heavy atom. The molecule has 1 aliphatic rings. The molecule has 4 N–H and O–H groups in total. The van der Waals surface area contributed by atoms with Crippen molar-refractivity contribution in [3.8, 4) is 0 Å². The van der Waals surface area contributed by atoms with Gasteiger partial charge in [0.15, 0.2) is 0 Å². The van der Waals surface area contributed by atoms with E-state index in [1.165, 1.54) is 0 Å². The SMILES string of the molecule is CC(C)(O)C(F)(F)C1CC(O)C(O)C(CO)O1. The van der Waals surface area contributed by atoms with Crippen LogP contribution in [0.25, 0.3) is 0 Å². The first-order valence-electron chi connectivity index (χ1n) is 5.34. The number of ether oxygens (including phenoxy) is 1. The third-order valence-electron chi connectivity index (χ3n) is 2.97. The highest BCUT2D eigenvalue weighted by molar-refractivity contribution is 4.97. The molecular weight excluding hydrogens is 238 g/mol. The number of hydrogen-bond donors (Lipinski definition) is 4. The van der Waals surface area contributed by atoms with E-state index in [-0.39, 0.29) is 0 Å². The molecule has 7 heteroatoms. The van der Waals surface area contributed by atoms with Gasteiger partial charge in [-0.2, -0.15) is 0 Å². The van der Waals surface area contributed by atoms with Crippen molar-refractivity contribution >= 4 is 0 Å². The predicted molar refractivity (Wildman–Crippen MR) is 53.6 cm³/mol. The summed E-state index contributed by atoms with van der Waals surface area (Å²) < 4.78 is 32.4. The smallest absolute Gasteiger partial charge is 0.301 e. The number of rotatable bonds is 3. The average molecular weight is 256 g/mol. The Kier molecular flexibility index (Phi) is 4.10. The van der Waals surface area contributed by atoms with E-state index in [0.717, 1.165) is 13.8 Å². The minimum absolute atomic E-state index is 0.505. The normalized spacial score (nSPS) is 36.0. The number of aliphatic hydroxyl groups excluding tert-OH is 3. The summed E-state index contributed by atoms with van der Waals surface area (Å²) in [6.07, 6.45) is -6.36. The van der Waals surface area contributed by atoms with Crippen molar-refractivity contribution in [1.29, 1.82) is 0 Å². The van der Waals surface area contributed by atoms with E-state index in [1.807, 2.05) is 0 Å². The zero-order chi connectivity index (χ0) is 13.4. The molecule has 0 aromatic heterocycles. The summed E-state index contributed by atoms with van der Waals surface area (Å²) in [5.41, 5.74) is -2.32. The Morgan fingerprint density at radius 1 is 1.29 bits per heavy atom. The van der Waals surface area contributed by atoms with Crippen LogP contribution in [0.5, 0.6) is 0 Å². The van der Waals surface area contributed by atoms with Gasteiger partial charge in [0, 0.05) is 6.42 Å². The fourth-order valence-electron chi connectivity index (χ4n) is 1.73. The maximum atomic E-state index is 13.8. The molecule has 5 nitrogen and oxygen atoms in total. The summed E-state index contributed by atoms with van der Waals surface area (Å²) in [6, 6.07) is 0. The van der Waals surface area contributed by atoms with E-state index in [9.17, 15) is 24.1 Å². The second-order valence-electron chi connectivity index (χ2n) is 4.82. The molecule has 0 saturated carbocycles. The lowest BCUT2D eigenvalue weighted by Gasteiger charge is -2.42. The fourth-order valence-corrected chi connectivity index (χ4v) is 1.73. The summed E-state index contributed by atoms with van der Waals surface area (Å²) >= 11 is 0. The van der Waals surface area contributed by atoms with Crippen LogP contribution in [0.4, 0.5) is 8.78 Å². The molecular formula is C10H18F2O5. The van der Waals surface area contributed by atoms with Crippen molar-refractivity contribution in [3.63, 3.8) is 0 Å². The molecule has 1 heterocycles. The summed E-state index contributed by atoms with van der Waals surface area (Å²) in [6.45, 7) is 1.18. The summed E-state index contributed by atoms with van der Waals surface area (Å²) in [7, 11) is 0. The van der Waals surface area contributed by atoms with Crippen LogP contribution in [0, 0.1) is 0 Å². The lowest BCUT2D eigenvalue weighted by atomic mass is 9.88. The van der Waals surface area contributed by atoms with Crippen molar-refractivity contribution in [1.82, 2.24) is 0 Å². The molecule has 1 rings (SSSR count). The molecule has 0 aliphatic carbocycles. The highest BCUT2D eigenvalue weighted by Gasteiger charge is 2.56. The first-order valence-corrected chi connectivity index (χ1v) is 5.34. The minimum Gasteiger partial charge on any atom is -0.394 e. The van der Waals surface area contributed by atoms with Crippen molar-refractivity contribution in [2.45, 2.75) is 56.2 Å². The van der Waals surface area contributed by atoms with Gasteiger partial charge in [0.25, 0.3) is 0 Å². The number of aliphatic hydroxyl groups is 4. The molecule has 4 unspecified atom stereocenters. The molecule has 0 aromatic rings. The summed E-state index contributed by atoms with van der Waals surface area (Å²) in [5, 5.41) is 37.0. The Labute approximate surface area is 97.6 Å². The van der Waals surface area contributed by atoms with E-state index < -0.39 is 49.0 Å². The zero-order valence-corrected chi connectivity index (χ0v) is 9.68. The van der Waals surface area contributed by atoms with Gasteiger partial charge in [-0.3, -0.25) is 0 Å². The maximum Gasteiger partial charge on any atom is 0.301 e. The first kappa shape index (κ1) is 14.7. The molecule has 0 bridgehead atoms. The van der Waals surface area contributed by atoms with Gasteiger partial charge in [-0.05, 0) is 13.8 Å². The van der Waals surface area contributed by atoms with Crippen LogP contribution in [0.15, 0.2) is 0 Å². The Morgan fingerprint density at radius 2 is 1.82 bits per heavy atom. The average Bonchev–Trinajstić information content (AvgIpc) is 2.20. The lowest BCUT2D eigenvalue weighted by molar-refractivity contribution is -0.280. The molecule has 0 aromatic carbocycles. The van der Waals surface area contributed by atoms with E-state index in [0.29, 0.717) is 0 Å². The standard InChI is InChI=1S/C10H18F2O5/c1-9(2,16)10(11,12)7-3-5(14)8(15)6(4-13)17-7/h5-8,13-16H,3-4H2,1-2H3. The molecule has 0 amide bonds. The van der Waals surface area contributed by atoms with Gasteiger partial charge in [0.1, 0.15) is 23.9 Å². The van der Waals surface area contributed by atoms with Gasteiger partial charge < -0.3 is 25.2 Å². The molecule has 1 fully saturated rings. The molecule has 4 atom stereocenters. The highest BCUT2D eigenvalue weighted by atomic mass is 19.3. The van der Waals surface area contributed by atoms with Crippen LogP contribution in [0.1, 0.15) is 20.3 Å². The fraction of sp³-hybridized carbons (Fsp3) is 1.00. The summed E-state index contributed by atoms with van der Waals surface area (Å²) in [5.74, 6) is -3.60. The van der Waals surface area contributed by atoms with Gasteiger partial charge in [-0.1, -0.05) is 0 Å². The molecule has 0 radical (unpaired) electrons. The van der Waals surface area contributed by atoms with Gasteiger partial charge in [-0.25, -0.2) is 8.78 Å². The van der Waals surface area contributed by atoms with Crippen LogP contribution in [-0.4, -0.2) is 63.0 Å². The minimum atomic E-state index is -3.60. The maximum absolute atomic E-state index is 13.8. The van der Waals surface area contributed by atoms with Crippen molar-refractivity contribution in [2.24, 2.45) is 0 Å². The number of hydrogen-bond acceptors (Lipinski definition) is 5.